The Morgan fingerprint density at radius 2 is 1.78 bits per heavy atom. The van der Waals surface area contributed by atoms with Gasteiger partial charge in [0.05, 0.1) is 24.4 Å². The quantitative estimate of drug-likeness (QED) is 0.412. The number of methoxy groups -OCH3 is 1. The van der Waals surface area contributed by atoms with Crippen LogP contribution in [-0.2, 0) is 25.6 Å². The number of rotatable bonds is 11. The standard InChI is InChI=1S/C26H34O6/c1-20-23(27)17-26(29-2,19-31-25(28)22-13-7-4-8-14-22)32-24(20)15-9-10-16-30-18-21-11-5-3-6-12-21/h3-8,11-14,20,23-24,27H,9-10,15-19H2,1-2H3/t20-,23+,24-,26-/m1/s1. The van der Waals surface area contributed by atoms with Crippen molar-refractivity contribution in [1.82, 2.24) is 0 Å². The molecule has 0 saturated carbocycles. The molecule has 6 nitrogen and oxygen atoms in total. The summed E-state index contributed by atoms with van der Waals surface area (Å²) in [6.45, 7) is 3.19. The second kappa shape index (κ2) is 12.1. The molecular formula is C26H34O6. The fourth-order valence-electron chi connectivity index (χ4n) is 3.94. The van der Waals surface area contributed by atoms with Gasteiger partial charge in [-0.25, -0.2) is 4.79 Å². The van der Waals surface area contributed by atoms with E-state index in [0.717, 1.165) is 24.8 Å². The molecular weight excluding hydrogens is 408 g/mol. The zero-order chi connectivity index (χ0) is 22.8. The number of unbranched alkanes of at least 4 members (excludes halogenated alkanes) is 1. The van der Waals surface area contributed by atoms with Crippen LogP contribution < -0.4 is 0 Å². The number of hydrogen-bond acceptors (Lipinski definition) is 6. The fraction of sp³-hybridized carbons (Fsp3) is 0.500. The molecule has 0 unspecified atom stereocenters. The SMILES string of the molecule is CO[C@]1(COC(=O)c2ccccc2)C[C@H](O)[C@@H](C)[C@@H](CCCCOCc2ccccc2)O1. The summed E-state index contributed by atoms with van der Waals surface area (Å²) in [5.41, 5.74) is 1.63. The maximum Gasteiger partial charge on any atom is 0.338 e. The Bertz CT molecular complexity index is 812. The first-order chi connectivity index (χ1) is 15.5. The third-order valence-corrected chi connectivity index (χ3v) is 6.02. The Morgan fingerprint density at radius 3 is 2.47 bits per heavy atom. The second-order valence-electron chi connectivity index (χ2n) is 8.38. The molecule has 0 bridgehead atoms. The lowest BCUT2D eigenvalue weighted by Crippen LogP contribution is -2.54. The highest BCUT2D eigenvalue weighted by Crippen LogP contribution is 2.36. The number of hydrogen-bond donors (Lipinski definition) is 1. The molecule has 0 aromatic heterocycles. The van der Waals surface area contributed by atoms with Crippen LogP contribution >= 0.6 is 0 Å². The summed E-state index contributed by atoms with van der Waals surface area (Å²) >= 11 is 0. The molecule has 1 saturated heterocycles. The summed E-state index contributed by atoms with van der Waals surface area (Å²) in [7, 11) is 1.52. The van der Waals surface area contributed by atoms with Gasteiger partial charge in [-0.15, -0.1) is 0 Å². The van der Waals surface area contributed by atoms with Crippen LogP contribution in [0.1, 0.15) is 48.5 Å². The predicted molar refractivity (Wildman–Crippen MR) is 121 cm³/mol. The number of carbonyl (C=O) groups excluding carboxylic acids is 1. The highest BCUT2D eigenvalue weighted by atomic mass is 16.7. The Kier molecular flexibility index (Phi) is 9.23. The Morgan fingerprint density at radius 1 is 1.09 bits per heavy atom. The van der Waals surface area contributed by atoms with Crippen molar-refractivity contribution in [3.63, 3.8) is 0 Å². The van der Waals surface area contributed by atoms with Crippen LogP contribution in [0.15, 0.2) is 60.7 Å². The summed E-state index contributed by atoms with van der Waals surface area (Å²) in [4.78, 5) is 12.3. The number of aliphatic hydroxyl groups is 1. The lowest BCUT2D eigenvalue weighted by molar-refractivity contribution is -0.311. The summed E-state index contributed by atoms with van der Waals surface area (Å²) < 4.78 is 23.1. The zero-order valence-electron chi connectivity index (χ0n) is 18.9. The van der Waals surface area contributed by atoms with Crippen molar-refractivity contribution in [3.8, 4) is 0 Å². The van der Waals surface area contributed by atoms with Gasteiger partial charge in [0.25, 0.3) is 0 Å². The molecule has 32 heavy (non-hydrogen) atoms. The monoisotopic (exact) mass is 442 g/mol. The van der Waals surface area contributed by atoms with Gasteiger partial charge in [0, 0.05) is 26.1 Å². The topological polar surface area (TPSA) is 74.2 Å². The molecule has 1 heterocycles. The van der Waals surface area contributed by atoms with E-state index >= 15 is 0 Å². The first-order valence-electron chi connectivity index (χ1n) is 11.3. The first-order valence-corrected chi connectivity index (χ1v) is 11.3. The molecule has 1 fully saturated rings. The van der Waals surface area contributed by atoms with E-state index in [9.17, 15) is 9.90 Å². The maximum atomic E-state index is 12.3. The molecule has 2 aromatic rings. The van der Waals surface area contributed by atoms with Crippen LogP contribution in [0, 0.1) is 5.92 Å². The van der Waals surface area contributed by atoms with E-state index in [2.05, 4.69) is 0 Å². The Hall–Kier alpha value is -2.25. The lowest BCUT2D eigenvalue weighted by Gasteiger charge is -2.45. The zero-order valence-corrected chi connectivity index (χ0v) is 18.9. The van der Waals surface area contributed by atoms with Crippen molar-refractivity contribution in [2.24, 2.45) is 5.92 Å². The molecule has 2 aromatic carbocycles. The van der Waals surface area contributed by atoms with Crippen LogP contribution in [0.3, 0.4) is 0 Å². The van der Waals surface area contributed by atoms with Gasteiger partial charge in [-0.05, 0) is 37.0 Å². The molecule has 4 atom stereocenters. The van der Waals surface area contributed by atoms with E-state index in [1.54, 1.807) is 24.3 Å². The molecule has 1 aliphatic heterocycles. The van der Waals surface area contributed by atoms with Gasteiger partial charge >= 0.3 is 5.97 Å². The van der Waals surface area contributed by atoms with Crippen molar-refractivity contribution in [2.45, 2.75) is 57.2 Å². The minimum Gasteiger partial charge on any atom is -0.456 e. The molecule has 0 amide bonds. The number of benzene rings is 2. The number of carbonyl (C=O) groups is 1. The van der Waals surface area contributed by atoms with E-state index in [4.69, 9.17) is 18.9 Å². The molecule has 1 N–H and O–H groups in total. The van der Waals surface area contributed by atoms with Gasteiger partial charge in [0.15, 0.2) is 0 Å². The van der Waals surface area contributed by atoms with Gasteiger partial charge < -0.3 is 24.1 Å². The van der Waals surface area contributed by atoms with Crippen molar-refractivity contribution in [3.05, 3.63) is 71.8 Å². The predicted octanol–water partition coefficient (Wildman–Crippen LogP) is 4.36. The highest BCUT2D eigenvalue weighted by Gasteiger charge is 2.46. The van der Waals surface area contributed by atoms with Gasteiger partial charge in [-0.2, -0.15) is 0 Å². The van der Waals surface area contributed by atoms with Crippen LogP contribution in [0.5, 0.6) is 0 Å². The second-order valence-corrected chi connectivity index (χ2v) is 8.38. The average Bonchev–Trinajstić information content (AvgIpc) is 2.83. The summed E-state index contributed by atoms with van der Waals surface area (Å²) in [6.07, 6.45) is 2.04. The van der Waals surface area contributed by atoms with E-state index < -0.39 is 17.9 Å². The molecule has 0 radical (unpaired) electrons. The third kappa shape index (κ3) is 6.87. The fourth-order valence-corrected chi connectivity index (χ4v) is 3.94. The van der Waals surface area contributed by atoms with E-state index in [-0.39, 0.29) is 25.0 Å². The van der Waals surface area contributed by atoms with E-state index in [1.807, 2.05) is 43.3 Å². The van der Waals surface area contributed by atoms with Gasteiger partial charge in [-0.1, -0.05) is 55.5 Å². The molecule has 6 heteroatoms. The molecule has 3 rings (SSSR count). The van der Waals surface area contributed by atoms with Gasteiger partial charge in [0.1, 0.15) is 6.61 Å². The first kappa shape index (κ1) is 24.4. The van der Waals surface area contributed by atoms with Crippen LogP contribution in [-0.4, -0.2) is 49.4 Å². The van der Waals surface area contributed by atoms with Gasteiger partial charge in [-0.3, -0.25) is 0 Å². The van der Waals surface area contributed by atoms with Crippen LogP contribution in [0.4, 0.5) is 0 Å². The molecule has 0 aliphatic carbocycles. The van der Waals surface area contributed by atoms with E-state index in [0.29, 0.717) is 18.8 Å². The lowest BCUT2D eigenvalue weighted by atomic mass is 9.86. The van der Waals surface area contributed by atoms with Crippen molar-refractivity contribution in [1.29, 1.82) is 0 Å². The average molecular weight is 443 g/mol. The maximum absolute atomic E-state index is 12.3. The summed E-state index contributed by atoms with van der Waals surface area (Å²) in [6, 6.07) is 18.9. The Labute approximate surface area is 190 Å². The minimum absolute atomic E-state index is 0.0339. The van der Waals surface area contributed by atoms with Crippen LogP contribution in [0.25, 0.3) is 0 Å². The van der Waals surface area contributed by atoms with Crippen molar-refractivity contribution < 1.29 is 28.8 Å². The summed E-state index contributed by atoms with van der Waals surface area (Å²) in [5.74, 6) is -1.62. The molecule has 0 spiro atoms. The van der Waals surface area contributed by atoms with Crippen LogP contribution in [0.2, 0.25) is 0 Å². The largest absolute Gasteiger partial charge is 0.456 e. The van der Waals surface area contributed by atoms with Crippen molar-refractivity contribution in [2.75, 3.05) is 20.3 Å². The van der Waals surface area contributed by atoms with E-state index in [1.165, 1.54) is 7.11 Å². The highest BCUT2D eigenvalue weighted by molar-refractivity contribution is 5.89. The molecule has 1 aliphatic rings. The van der Waals surface area contributed by atoms with Gasteiger partial charge in [0.2, 0.25) is 5.79 Å². The smallest absolute Gasteiger partial charge is 0.338 e. The summed E-state index contributed by atoms with van der Waals surface area (Å²) in [5, 5.41) is 10.6. The minimum atomic E-state index is -1.15. The number of ether oxygens (including phenoxy) is 4. The molecule has 174 valence electrons. The normalized spacial score (nSPS) is 25.4. The number of aliphatic hydroxyl groups excluding tert-OH is 1. The third-order valence-electron chi connectivity index (χ3n) is 6.02. The number of esters is 1. The Balaban J connectivity index is 1.46. The van der Waals surface area contributed by atoms with Crippen molar-refractivity contribution >= 4 is 5.97 Å².